The molecule has 1 aliphatic heterocycles. The van der Waals surface area contributed by atoms with E-state index in [9.17, 15) is 23.6 Å². The lowest BCUT2D eigenvalue weighted by molar-refractivity contribution is -0.122. The topological polar surface area (TPSA) is 105 Å². The summed E-state index contributed by atoms with van der Waals surface area (Å²) in [6, 6.07) is 15.2. The average molecular weight is 573 g/mol. The number of rotatable bonds is 6. The zero-order valence-electron chi connectivity index (χ0n) is 18.3. The predicted molar refractivity (Wildman–Crippen MR) is 135 cm³/mol. The van der Waals surface area contributed by atoms with Crippen LogP contribution in [0.4, 0.5) is 20.6 Å². The molecule has 1 aliphatic rings. The minimum absolute atomic E-state index is 0.0826. The van der Waals surface area contributed by atoms with Crippen LogP contribution in [0.1, 0.15) is 5.56 Å². The van der Waals surface area contributed by atoms with Gasteiger partial charge in [-0.1, -0.05) is 39.7 Å². The number of halogens is 3. The number of benzene rings is 3. The van der Waals surface area contributed by atoms with E-state index in [-0.39, 0.29) is 23.6 Å². The molecule has 0 bridgehead atoms. The molecule has 36 heavy (non-hydrogen) atoms. The summed E-state index contributed by atoms with van der Waals surface area (Å²) in [7, 11) is 0. The summed E-state index contributed by atoms with van der Waals surface area (Å²) >= 11 is 9.38. The fourth-order valence-corrected chi connectivity index (χ4v) is 3.86. The number of urea groups is 1. The van der Waals surface area contributed by atoms with Gasteiger partial charge in [0.1, 0.15) is 17.1 Å². The highest BCUT2D eigenvalue weighted by molar-refractivity contribution is 9.10. The molecule has 182 valence electrons. The summed E-state index contributed by atoms with van der Waals surface area (Å²) in [5.74, 6) is -2.65. The van der Waals surface area contributed by atoms with Crippen molar-refractivity contribution in [2.45, 2.75) is 0 Å². The summed E-state index contributed by atoms with van der Waals surface area (Å²) in [5.41, 5.74) is 0.435. The monoisotopic (exact) mass is 571 g/mol. The van der Waals surface area contributed by atoms with E-state index >= 15 is 0 Å². The van der Waals surface area contributed by atoms with Crippen molar-refractivity contribution in [3.8, 4) is 5.75 Å². The second-order valence-electron chi connectivity index (χ2n) is 7.43. The number of imide groups is 2. The normalized spacial score (nSPS) is 14.6. The SMILES string of the molecule is O=C(COc1ccc(Br)cc1/C=C1\C(=O)NC(=O)N(c2ccc(F)cc2)C1=O)Nc1ccccc1Cl. The van der Waals surface area contributed by atoms with Crippen LogP contribution in [-0.2, 0) is 14.4 Å². The van der Waals surface area contributed by atoms with Crippen LogP contribution in [0.2, 0.25) is 5.02 Å². The Morgan fingerprint density at radius 1 is 1.08 bits per heavy atom. The number of amides is 5. The van der Waals surface area contributed by atoms with Crippen molar-refractivity contribution in [3.05, 3.63) is 93.2 Å². The fraction of sp³-hybridized carbons (Fsp3) is 0.0400. The van der Waals surface area contributed by atoms with Crippen LogP contribution in [0.15, 0.2) is 76.8 Å². The van der Waals surface area contributed by atoms with Gasteiger partial charge in [-0.2, -0.15) is 0 Å². The van der Waals surface area contributed by atoms with Gasteiger partial charge in [-0.3, -0.25) is 19.7 Å². The van der Waals surface area contributed by atoms with Crippen molar-refractivity contribution < 1.29 is 28.3 Å². The minimum atomic E-state index is -0.962. The second kappa shape index (κ2) is 10.7. The smallest absolute Gasteiger partial charge is 0.335 e. The molecule has 1 fully saturated rings. The van der Waals surface area contributed by atoms with E-state index in [1.807, 2.05) is 0 Å². The van der Waals surface area contributed by atoms with Gasteiger partial charge in [0.25, 0.3) is 17.7 Å². The van der Waals surface area contributed by atoms with E-state index in [2.05, 4.69) is 26.6 Å². The number of nitrogens with one attached hydrogen (secondary N) is 2. The molecule has 11 heteroatoms. The molecule has 4 rings (SSSR count). The van der Waals surface area contributed by atoms with E-state index in [4.69, 9.17) is 16.3 Å². The number of nitrogens with zero attached hydrogens (tertiary/aromatic N) is 1. The lowest BCUT2D eigenvalue weighted by atomic mass is 10.1. The average Bonchev–Trinajstić information content (AvgIpc) is 2.84. The molecule has 2 N–H and O–H groups in total. The lowest BCUT2D eigenvalue weighted by Crippen LogP contribution is -2.54. The molecule has 0 aromatic heterocycles. The predicted octanol–water partition coefficient (Wildman–Crippen LogP) is 4.93. The van der Waals surface area contributed by atoms with Crippen LogP contribution in [0.25, 0.3) is 6.08 Å². The van der Waals surface area contributed by atoms with Crippen molar-refractivity contribution in [1.82, 2.24) is 5.32 Å². The Morgan fingerprint density at radius 3 is 2.53 bits per heavy atom. The fourth-order valence-electron chi connectivity index (χ4n) is 3.29. The zero-order chi connectivity index (χ0) is 25.8. The molecule has 0 saturated carbocycles. The number of barbiturate groups is 1. The standard InChI is InChI=1S/C25H16BrClFN3O5/c26-15-5-10-21(36-13-22(32)29-20-4-2-1-3-19(20)27)14(11-15)12-18-23(33)30-25(35)31(24(18)34)17-8-6-16(28)7-9-17/h1-12H,13H2,(H,29,32)(H,30,33,35)/b18-12+. The number of hydrogen-bond acceptors (Lipinski definition) is 5. The van der Waals surface area contributed by atoms with Crippen LogP contribution in [0.5, 0.6) is 5.75 Å². The van der Waals surface area contributed by atoms with Crippen molar-refractivity contribution in [3.63, 3.8) is 0 Å². The third-order valence-electron chi connectivity index (χ3n) is 4.96. The number of anilines is 2. The highest BCUT2D eigenvalue weighted by Crippen LogP contribution is 2.28. The summed E-state index contributed by atoms with van der Waals surface area (Å²) in [5, 5.41) is 5.09. The Hall–Kier alpha value is -4.02. The van der Waals surface area contributed by atoms with Gasteiger partial charge in [0.05, 0.1) is 16.4 Å². The maximum Gasteiger partial charge on any atom is 0.335 e. The Morgan fingerprint density at radius 2 is 1.81 bits per heavy atom. The van der Waals surface area contributed by atoms with Crippen molar-refractivity contribution >= 4 is 68.7 Å². The molecule has 1 saturated heterocycles. The Balaban J connectivity index is 1.58. The van der Waals surface area contributed by atoms with Crippen LogP contribution in [-0.4, -0.2) is 30.4 Å². The molecule has 0 atom stereocenters. The first kappa shape index (κ1) is 25.1. The van der Waals surface area contributed by atoms with Gasteiger partial charge in [0, 0.05) is 10.0 Å². The van der Waals surface area contributed by atoms with E-state index in [1.54, 1.807) is 42.5 Å². The van der Waals surface area contributed by atoms with Gasteiger partial charge >= 0.3 is 6.03 Å². The second-order valence-corrected chi connectivity index (χ2v) is 8.76. The number of hydrogen-bond donors (Lipinski definition) is 2. The van der Waals surface area contributed by atoms with Crippen LogP contribution < -0.4 is 20.3 Å². The first-order valence-electron chi connectivity index (χ1n) is 10.4. The number of para-hydroxylation sites is 1. The van der Waals surface area contributed by atoms with Gasteiger partial charge in [-0.05, 0) is 60.7 Å². The summed E-state index contributed by atoms with van der Waals surface area (Å²) < 4.78 is 19.6. The van der Waals surface area contributed by atoms with Gasteiger partial charge in [0.2, 0.25) is 0 Å². The van der Waals surface area contributed by atoms with Crippen LogP contribution >= 0.6 is 27.5 Å². The highest BCUT2D eigenvalue weighted by atomic mass is 79.9. The third-order valence-corrected chi connectivity index (χ3v) is 5.79. The number of carbonyl (C=O) groups excluding carboxylic acids is 4. The molecule has 1 heterocycles. The maximum absolute atomic E-state index is 13.3. The van der Waals surface area contributed by atoms with E-state index < -0.39 is 29.6 Å². The van der Waals surface area contributed by atoms with Crippen molar-refractivity contribution in [2.24, 2.45) is 0 Å². The molecule has 0 unspecified atom stereocenters. The first-order valence-corrected chi connectivity index (χ1v) is 11.5. The first-order chi connectivity index (χ1) is 17.2. The quantitative estimate of drug-likeness (QED) is 0.322. The van der Waals surface area contributed by atoms with E-state index in [1.165, 1.54) is 18.2 Å². The molecule has 3 aromatic carbocycles. The van der Waals surface area contributed by atoms with Gasteiger partial charge in [-0.15, -0.1) is 0 Å². The Kier molecular flexibility index (Phi) is 7.47. The summed E-state index contributed by atoms with van der Waals surface area (Å²) in [4.78, 5) is 51.0. The molecule has 0 radical (unpaired) electrons. The van der Waals surface area contributed by atoms with Crippen LogP contribution in [0.3, 0.4) is 0 Å². The van der Waals surface area contributed by atoms with Crippen molar-refractivity contribution in [1.29, 1.82) is 0 Å². The van der Waals surface area contributed by atoms with Crippen LogP contribution in [0, 0.1) is 5.82 Å². The van der Waals surface area contributed by atoms with Gasteiger partial charge < -0.3 is 10.1 Å². The minimum Gasteiger partial charge on any atom is -0.483 e. The molecular formula is C25H16BrClFN3O5. The molecule has 8 nitrogen and oxygen atoms in total. The zero-order valence-corrected chi connectivity index (χ0v) is 20.6. The lowest BCUT2D eigenvalue weighted by Gasteiger charge is -2.26. The molecule has 3 aromatic rings. The largest absolute Gasteiger partial charge is 0.483 e. The van der Waals surface area contributed by atoms with E-state index in [0.717, 1.165) is 17.0 Å². The molecule has 0 aliphatic carbocycles. The number of ether oxygens (including phenoxy) is 1. The third kappa shape index (κ3) is 5.61. The number of carbonyl (C=O) groups is 4. The maximum atomic E-state index is 13.3. The summed E-state index contributed by atoms with van der Waals surface area (Å²) in [6.45, 7) is -0.386. The Bertz CT molecular complexity index is 1410. The molecule has 0 spiro atoms. The Labute approximate surface area is 217 Å². The molecule has 5 amide bonds. The summed E-state index contributed by atoms with van der Waals surface area (Å²) in [6.07, 6.45) is 1.24. The van der Waals surface area contributed by atoms with Crippen molar-refractivity contribution in [2.75, 3.05) is 16.8 Å². The van der Waals surface area contributed by atoms with Gasteiger partial charge in [0.15, 0.2) is 6.61 Å². The van der Waals surface area contributed by atoms with Gasteiger partial charge in [-0.25, -0.2) is 14.1 Å². The molecular weight excluding hydrogens is 557 g/mol. The highest BCUT2D eigenvalue weighted by Gasteiger charge is 2.37. The van der Waals surface area contributed by atoms with E-state index in [0.29, 0.717) is 20.7 Å².